The van der Waals surface area contributed by atoms with Crippen LogP contribution in [0.25, 0.3) is 10.2 Å². The van der Waals surface area contributed by atoms with E-state index < -0.39 is 21.7 Å². The Kier molecular flexibility index (Phi) is 6.04. The Labute approximate surface area is 165 Å². The summed E-state index contributed by atoms with van der Waals surface area (Å²) in [7, 11) is -3.86. The zero-order chi connectivity index (χ0) is 20.3. The first kappa shape index (κ1) is 20.3. The van der Waals surface area contributed by atoms with E-state index in [-0.39, 0.29) is 10.5 Å². The second-order valence-electron chi connectivity index (χ2n) is 5.80. The maximum Gasteiger partial charge on any atom is 0.282 e. The topological polar surface area (TPSA) is 104 Å². The number of aromatic nitrogens is 1. The minimum absolute atomic E-state index is 0.0369. The molecule has 10 heteroatoms. The number of benzene rings is 2. The van der Waals surface area contributed by atoms with Gasteiger partial charge >= 0.3 is 0 Å². The van der Waals surface area contributed by atoms with Crippen molar-refractivity contribution in [1.29, 1.82) is 0 Å². The molecule has 1 aromatic heterocycles. The summed E-state index contributed by atoms with van der Waals surface area (Å²) in [6.07, 6.45) is 0. The first-order valence-electron chi connectivity index (χ1n) is 8.39. The number of thiazole rings is 1. The lowest BCUT2D eigenvalue weighted by molar-refractivity contribution is 0.0993. The molecule has 0 aliphatic rings. The summed E-state index contributed by atoms with van der Waals surface area (Å²) in [5.41, 5.74) is 0.540. The van der Waals surface area contributed by atoms with Gasteiger partial charge in [-0.25, -0.2) is 17.9 Å². The van der Waals surface area contributed by atoms with Crippen molar-refractivity contribution in [2.75, 3.05) is 13.2 Å². The van der Waals surface area contributed by atoms with Gasteiger partial charge in [0.15, 0.2) is 4.80 Å². The number of carbonyl (C=O) groups excluding carboxylic acids is 1. The van der Waals surface area contributed by atoms with Gasteiger partial charge in [-0.1, -0.05) is 23.5 Å². The largest absolute Gasteiger partial charge is 0.380 e. The average Bonchev–Trinajstić information content (AvgIpc) is 2.98. The third-order valence-electron chi connectivity index (χ3n) is 3.95. The van der Waals surface area contributed by atoms with Crippen LogP contribution in [-0.2, 0) is 21.3 Å². The number of sulfonamides is 1. The van der Waals surface area contributed by atoms with E-state index in [4.69, 9.17) is 9.88 Å². The molecular weight excluding hydrogens is 405 g/mol. The molecule has 0 spiro atoms. The SMILES string of the molecule is CCOCCn1c(=NC(=O)c2ccccc2F)sc2cc(S(N)(=O)=O)ccc21. The fourth-order valence-corrected chi connectivity index (χ4v) is 4.32. The number of halogens is 1. The van der Waals surface area contributed by atoms with Gasteiger partial charge in [-0.2, -0.15) is 4.99 Å². The van der Waals surface area contributed by atoms with E-state index in [0.717, 1.165) is 11.3 Å². The van der Waals surface area contributed by atoms with Crippen molar-refractivity contribution in [2.24, 2.45) is 10.1 Å². The molecule has 0 saturated carbocycles. The van der Waals surface area contributed by atoms with Crippen LogP contribution in [0.2, 0.25) is 0 Å². The Morgan fingerprint density at radius 3 is 2.71 bits per heavy atom. The number of rotatable bonds is 6. The molecule has 0 bridgehead atoms. The minimum atomic E-state index is -3.86. The van der Waals surface area contributed by atoms with Crippen molar-refractivity contribution < 1.29 is 22.3 Å². The maximum absolute atomic E-state index is 13.9. The van der Waals surface area contributed by atoms with Crippen molar-refractivity contribution in [3.8, 4) is 0 Å². The van der Waals surface area contributed by atoms with Crippen molar-refractivity contribution in [2.45, 2.75) is 18.4 Å². The second-order valence-corrected chi connectivity index (χ2v) is 8.38. The highest BCUT2D eigenvalue weighted by atomic mass is 32.2. The number of carbonyl (C=O) groups is 1. The number of fused-ring (bicyclic) bond motifs is 1. The summed E-state index contributed by atoms with van der Waals surface area (Å²) in [6, 6.07) is 10.0. The van der Waals surface area contributed by atoms with E-state index >= 15 is 0 Å². The summed E-state index contributed by atoms with van der Waals surface area (Å²) < 4.78 is 44.8. The number of primary sulfonamides is 1. The van der Waals surface area contributed by atoms with E-state index in [1.807, 2.05) is 6.92 Å². The molecule has 148 valence electrons. The molecule has 0 aliphatic carbocycles. The molecule has 3 aromatic rings. The highest BCUT2D eigenvalue weighted by Crippen LogP contribution is 2.21. The molecule has 3 rings (SSSR count). The zero-order valence-corrected chi connectivity index (χ0v) is 16.6. The van der Waals surface area contributed by atoms with Gasteiger partial charge in [0.2, 0.25) is 10.0 Å². The molecule has 0 unspecified atom stereocenters. The molecule has 7 nitrogen and oxygen atoms in total. The van der Waals surface area contributed by atoms with Crippen molar-refractivity contribution in [3.63, 3.8) is 0 Å². The Hall–Kier alpha value is -2.40. The first-order valence-corrected chi connectivity index (χ1v) is 10.7. The molecule has 0 saturated heterocycles. The lowest BCUT2D eigenvalue weighted by Crippen LogP contribution is -2.20. The molecule has 0 radical (unpaired) electrons. The van der Waals surface area contributed by atoms with Crippen LogP contribution < -0.4 is 9.94 Å². The predicted octanol–water partition coefficient (Wildman–Crippen LogP) is 2.27. The molecule has 0 fully saturated rings. The van der Waals surface area contributed by atoms with Gasteiger partial charge < -0.3 is 9.30 Å². The van der Waals surface area contributed by atoms with Gasteiger partial charge in [0, 0.05) is 13.2 Å². The molecule has 2 N–H and O–H groups in total. The predicted molar refractivity (Wildman–Crippen MR) is 104 cm³/mol. The number of hydrogen-bond donors (Lipinski definition) is 1. The van der Waals surface area contributed by atoms with Gasteiger partial charge in [-0.3, -0.25) is 4.79 Å². The number of ether oxygens (including phenoxy) is 1. The zero-order valence-electron chi connectivity index (χ0n) is 15.0. The van der Waals surface area contributed by atoms with Crippen molar-refractivity contribution in [3.05, 3.63) is 58.6 Å². The Bertz CT molecular complexity index is 1200. The van der Waals surface area contributed by atoms with Crippen LogP contribution >= 0.6 is 11.3 Å². The lowest BCUT2D eigenvalue weighted by atomic mass is 10.2. The third kappa shape index (κ3) is 4.36. The number of nitrogens with zero attached hydrogens (tertiary/aromatic N) is 2. The van der Waals surface area contributed by atoms with Gasteiger partial charge in [0.1, 0.15) is 5.82 Å². The van der Waals surface area contributed by atoms with E-state index in [1.54, 1.807) is 16.7 Å². The van der Waals surface area contributed by atoms with E-state index in [0.29, 0.717) is 34.8 Å². The second kappa shape index (κ2) is 8.31. The van der Waals surface area contributed by atoms with Crippen LogP contribution in [0, 0.1) is 5.82 Å². The number of hydrogen-bond acceptors (Lipinski definition) is 5. The quantitative estimate of drug-likeness (QED) is 0.614. The fraction of sp³-hybridized carbons (Fsp3) is 0.222. The van der Waals surface area contributed by atoms with Gasteiger partial charge in [0.05, 0.1) is 27.3 Å². The monoisotopic (exact) mass is 423 g/mol. The summed E-state index contributed by atoms with van der Waals surface area (Å²) in [5, 5.41) is 5.20. The third-order valence-corrected chi connectivity index (χ3v) is 5.90. The molecular formula is C18H18FN3O4S2. The minimum Gasteiger partial charge on any atom is -0.380 e. The molecule has 2 aromatic carbocycles. The molecule has 1 amide bonds. The van der Waals surface area contributed by atoms with Crippen LogP contribution in [0.5, 0.6) is 0 Å². The molecule has 0 aliphatic heterocycles. The summed E-state index contributed by atoms with van der Waals surface area (Å²) in [5.74, 6) is -1.38. The standard InChI is InChI=1S/C18H18FN3O4S2/c1-2-26-10-9-22-15-8-7-12(28(20,24)25)11-16(15)27-18(22)21-17(23)13-5-3-4-6-14(13)19/h3-8,11H,2,9-10H2,1H3,(H2,20,24,25). The molecule has 0 atom stereocenters. The summed E-state index contributed by atoms with van der Waals surface area (Å²) >= 11 is 1.12. The maximum atomic E-state index is 13.9. The van der Waals surface area contributed by atoms with E-state index in [2.05, 4.69) is 4.99 Å². The van der Waals surface area contributed by atoms with E-state index in [1.165, 1.54) is 30.3 Å². The van der Waals surface area contributed by atoms with Crippen molar-refractivity contribution in [1.82, 2.24) is 4.57 Å². The van der Waals surface area contributed by atoms with Crippen molar-refractivity contribution >= 4 is 37.5 Å². The number of amides is 1. The van der Waals surface area contributed by atoms with Gasteiger partial charge in [-0.15, -0.1) is 0 Å². The Morgan fingerprint density at radius 1 is 1.29 bits per heavy atom. The fourth-order valence-electron chi connectivity index (χ4n) is 2.61. The highest BCUT2D eigenvalue weighted by Gasteiger charge is 2.15. The molecule has 1 heterocycles. The van der Waals surface area contributed by atoms with Gasteiger partial charge in [0.25, 0.3) is 5.91 Å². The normalized spacial score (nSPS) is 12.6. The summed E-state index contributed by atoms with van der Waals surface area (Å²) in [6.45, 7) is 3.16. The Morgan fingerprint density at radius 2 is 2.04 bits per heavy atom. The first-order chi connectivity index (χ1) is 13.3. The molecule has 28 heavy (non-hydrogen) atoms. The lowest BCUT2D eigenvalue weighted by Gasteiger charge is -2.06. The van der Waals surface area contributed by atoms with Gasteiger partial charge in [-0.05, 0) is 37.3 Å². The van der Waals surface area contributed by atoms with Crippen LogP contribution in [0.15, 0.2) is 52.4 Å². The number of nitrogens with two attached hydrogens (primary N) is 1. The average molecular weight is 423 g/mol. The van der Waals surface area contributed by atoms with Crippen LogP contribution in [0.1, 0.15) is 17.3 Å². The van der Waals surface area contributed by atoms with Crippen LogP contribution in [0.3, 0.4) is 0 Å². The van der Waals surface area contributed by atoms with Crippen LogP contribution in [-0.4, -0.2) is 32.1 Å². The van der Waals surface area contributed by atoms with Crippen LogP contribution in [0.4, 0.5) is 4.39 Å². The Balaban J connectivity index is 2.14. The van der Waals surface area contributed by atoms with E-state index in [9.17, 15) is 17.6 Å². The summed E-state index contributed by atoms with van der Waals surface area (Å²) in [4.78, 5) is 16.8. The highest BCUT2D eigenvalue weighted by molar-refractivity contribution is 7.89. The smallest absolute Gasteiger partial charge is 0.282 e.